The Kier molecular flexibility index (Phi) is 4.66. The Bertz CT molecular complexity index is 677. The molecule has 0 saturated carbocycles. The third-order valence-corrected chi connectivity index (χ3v) is 4.29. The summed E-state index contributed by atoms with van der Waals surface area (Å²) in [5.74, 6) is -0.0267. The summed E-state index contributed by atoms with van der Waals surface area (Å²) in [6.07, 6.45) is -4.32. The number of piperazine rings is 1. The maximum atomic E-state index is 13.1. The van der Waals surface area contributed by atoms with E-state index in [2.05, 4.69) is 4.90 Å². The summed E-state index contributed by atoms with van der Waals surface area (Å²) in [4.78, 5) is 4.18. The second-order valence-electron chi connectivity index (χ2n) is 5.91. The molecule has 24 heavy (non-hydrogen) atoms. The summed E-state index contributed by atoms with van der Waals surface area (Å²) in [6.45, 7) is 3.12. The van der Waals surface area contributed by atoms with Crippen LogP contribution in [0.15, 0.2) is 48.5 Å². The van der Waals surface area contributed by atoms with Gasteiger partial charge >= 0.3 is 6.18 Å². The summed E-state index contributed by atoms with van der Waals surface area (Å²) in [7, 11) is 0. The van der Waals surface area contributed by atoms with E-state index in [4.69, 9.17) is 0 Å². The number of benzene rings is 2. The van der Waals surface area contributed by atoms with Crippen molar-refractivity contribution in [1.82, 2.24) is 4.90 Å². The van der Waals surface area contributed by atoms with Crippen LogP contribution in [0.1, 0.15) is 11.1 Å². The van der Waals surface area contributed by atoms with Crippen LogP contribution in [0.25, 0.3) is 0 Å². The van der Waals surface area contributed by atoms with E-state index in [1.165, 1.54) is 18.2 Å². The quantitative estimate of drug-likeness (QED) is 0.841. The lowest BCUT2D eigenvalue weighted by Crippen LogP contribution is -2.46. The van der Waals surface area contributed by atoms with Crippen LogP contribution >= 0.6 is 0 Å². The third kappa shape index (κ3) is 3.82. The van der Waals surface area contributed by atoms with Gasteiger partial charge in [-0.15, -0.1) is 0 Å². The van der Waals surface area contributed by atoms with Crippen LogP contribution in [0.4, 0.5) is 18.9 Å². The molecule has 0 unspecified atom stereocenters. The fraction of sp³-hybridized carbons (Fsp3) is 0.333. The minimum atomic E-state index is -4.32. The van der Waals surface area contributed by atoms with Gasteiger partial charge in [-0.1, -0.05) is 18.2 Å². The molecule has 1 fully saturated rings. The van der Waals surface area contributed by atoms with Gasteiger partial charge in [-0.2, -0.15) is 13.2 Å². The Balaban J connectivity index is 1.63. The van der Waals surface area contributed by atoms with Crippen molar-refractivity contribution in [2.45, 2.75) is 12.7 Å². The molecule has 0 aliphatic carbocycles. The second kappa shape index (κ2) is 6.73. The molecule has 0 bridgehead atoms. The van der Waals surface area contributed by atoms with Crippen LogP contribution in [-0.2, 0) is 17.8 Å². The highest BCUT2D eigenvalue weighted by Gasteiger charge is 2.33. The number of halogens is 3. The van der Waals surface area contributed by atoms with E-state index in [0.717, 1.165) is 24.8 Å². The van der Waals surface area contributed by atoms with Gasteiger partial charge in [-0.3, -0.25) is 10.0 Å². The summed E-state index contributed by atoms with van der Waals surface area (Å²) in [6, 6.07) is 12.4. The van der Waals surface area contributed by atoms with E-state index in [-0.39, 0.29) is 5.75 Å². The molecule has 3 nitrogen and oxygen atoms in total. The van der Waals surface area contributed by atoms with Crippen molar-refractivity contribution < 1.29 is 18.3 Å². The van der Waals surface area contributed by atoms with Crippen molar-refractivity contribution in [3.63, 3.8) is 0 Å². The Morgan fingerprint density at radius 2 is 1.50 bits per heavy atom. The highest BCUT2D eigenvalue weighted by molar-refractivity contribution is 5.49. The van der Waals surface area contributed by atoms with Crippen LogP contribution < -0.4 is 4.90 Å². The first kappa shape index (κ1) is 16.6. The van der Waals surface area contributed by atoms with Gasteiger partial charge in [0.25, 0.3) is 0 Å². The van der Waals surface area contributed by atoms with Gasteiger partial charge in [-0.05, 0) is 35.9 Å². The van der Waals surface area contributed by atoms with Crippen molar-refractivity contribution in [3.8, 4) is 5.75 Å². The van der Waals surface area contributed by atoms with Gasteiger partial charge < -0.3 is 4.90 Å². The Morgan fingerprint density at radius 3 is 2.12 bits per heavy atom. The largest absolute Gasteiger partial charge is 0.416 e. The number of hydrogen-bond donors (Lipinski definition) is 0. The number of hydrogen-bond acceptors (Lipinski definition) is 2. The Hall–Kier alpha value is -2.21. The molecule has 2 aromatic rings. The van der Waals surface area contributed by atoms with Gasteiger partial charge in [0.1, 0.15) is 0 Å². The van der Waals surface area contributed by atoms with Crippen LogP contribution in [0, 0.1) is 0 Å². The second-order valence-corrected chi connectivity index (χ2v) is 5.91. The Morgan fingerprint density at radius 1 is 0.875 bits per heavy atom. The molecule has 3 rings (SSSR count). The summed E-state index contributed by atoms with van der Waals surface area (Å²) in [5, 5.41) is 11.2. The van der Waals surface area contributed by atoms with E-state index in [0.29, 0.717) is 25.2 Å². The number of anilines is 1. The van der Waals surface area contributed by atoms with E-state index >= 15 is 0 Å². The van der Waals surface area contributed by atoms with Crippen LogP contribution in [-0.4, -0.2) is 31.1 Å². The molecule has 6 heteroatoms. The van der Waals surface area contributed by atoms with E-state index in [1.807, 2.05) is 4.90 Å². The average Bonchev–Trinajstić information content (AvgIpc) is 2.56. The lowest BCUT2D eigenvalue weighted by molar-refractivity contribution is -0.138. The van der Waals surface area contributed by atoms with Crippen molar-refractivity contribution in [2.75, 3.05) is 31.1 Å². The Labute approximate surface area is 138 Å². The molecule has 1 aliphatic heterocycles. The zero-order valence-electron chi connectivity index (χ0n) is 13.1. The van der Waals surface area contributed by atoms with E-state index < -0.39 is 11.7 Å². The summed E-state index contributed by atoms with van der Waals surface area (Å²) in [5.41, 5.74) is 0.734. The first-order valence-electron chi connectivity index (χ1n) is 7.83. The average molecular weight is 335 g/mol. The van der Waals surface area contributed by atoms with E-state index in [9.17, 15) is 18.3 Å². The normalized spacial score (nSPS) is 16.4. The molecule has 1 saturated heterocycles. The zero-order valence-corrected chi connectivity index (χ0v) is 13.1. The maximum absolute atomic E-state index is 13.1. The van der Waals surface area contributed by atoms with Crippen LogP contribution in [0.2, 0.25) is 0 Å². The molecule has 127 valence electrons. The molecule has 0 N–H and O–H groups in total. The fourth-order valence-corrected chi connectivity index (χ4v) is 3.00. The molecule has 0 aromatic heterocycles. The summed E-state index contributed by atoms with van der Waals surface area (Å²) >= 11 is 0. The van der Waals surface area contributed by atoms with Crippen molar-refractivity contribution in [2.24, 2.45) is 0 Å². The molecule has 0 amide bonds. The smallest absolute Gasteiger partial charge is 0.369 e. The predicted molar refractivity (Wildman–Crippen MR) is 85.5 cm³/mol. The number of rotatable bonds is 3. The number of alkyl halides is 3. The van der Waals surface area contributed by atoms with Gasteiger partial charge in [0.05, 0.1) is 5.56 Å². The van der Waals surface area contributed by atoms with Crippen molar-refractivity contribution in [1.29, 1.82) is 0 Å². The highest BCUT2D eigenvalue weighted by Crippen LogP contribution is 2.32. The van der Waals surface area contributed by atoms with Crippen molar-refractivity contribution in [3.05, 3.63) is 59.7 Å². The molecule has 1 aliphatic rings. The highest BCUT2D eigenvalue weighted by atomic mass is 19.4. The predicted octanol–water partition coefficient (Wildman–Crippen LogP) is 4.17. The van der Waals surface area contributed by atoms with Crippen LogP contribution in [0.5, 0.6) is 5.75 Å². The molecule has 0 atom stereocenters. The molecular formula is C18H18F3N2O. The monoisotopic (exact) mass is 335 g/mol. The maximum Gasteiger partial charge on any atom is 0.416 e. The molecule has 1 radical (unpaired) electrons. The molecule has 2 aromatic carbocycles. The minimum Gasteiger partial charge on any atom is -0.369 e. The lowest BCUT2D eigenvalue weighted by Gasteiger charge is -2.36. The van der Waals surface area contributed by atoms with Gasteiger partial charge in [0.15, 0.2) is 5.75 Å². The third-order valence-electron chi connectivity index (χ3n) is 4.29. The topological polar surface area (TPSA) is 26.4 Å². The van der Waals surface area contributed by atoms with Crippen LogP contribution in [0.3, 0.4) is 0 Å². The van der Waals surface area contributed by atoms with Gasteiger partial charge in [0.2, 0.25) is 0 Å². The molecular weight excluding hydrogens is 317 g/mol. The lowest BCUT2D eigenvalue weighted by atomic mass is 10.1. The minimum absolute atomic E-state index is 0.0267. The summed E-state index contributed by atoms with van der Waals surface area (Å²) < 4.78 is 39.2. The first-order valence-corrected chi connectivity index (χ1v) is 7.83. The number of nitrogens with zero attached hydrogens (tertiary/aromatic N) is 2. The van der Waals surface area contributed by atoms with Gasteiger partial charge in [-0.25, -0.2) is 0 Å². The zero-order chi connectivity index (χ0) is 17.2. The van der Waals surface area contributed by atoms with Gasteiger partial charge in [0, 0.05) is 38.4 Å². The fourth-order valence-electron chi connectivity index (χ4n) is 3.00. The SMILES string of the molecule is [O]c1ccc(N2CCN(Cc3ccccc3C(F)(F)F)CC2)cc1. The first-order chi connectivity index (χ1) is 11.4. The van der Waals surface area contributed by atoms with E-state index in [1.54, 1.807) is 24.3 Å². The van der Waals surface area contributed by atoms with Crippen molar-refractivity contribution >= 4 is 5.69 Å². The molecule has 1 heterocycles. The standard InChI is InChI=1S/C18H18F3N2O/c19-18(20,21)17-4-2-1-3-14(17)13-22-9-11-23(12-10-22)15-5-7-16(24)8-6-15/h1-8H,9-13H2. The molecule has 0 spiro atoms.